The van der Waals surface area contributed by atoms with Gasteiger partial charge in [-0.05, 0) is 17.7 Å². The summed E-state index contributed by atoms with van der Waals surface area (Å²) in [6.45, 7) is -0.0533. The Kier molecular flexibility index (Phi) is 4.66. The summed E-state index contributed by atoms with van der Waals surface area (Å²) < 4.78 is 40.2. The number of ether oxygens (including phenoxy) is 1. The van der Waals surface area contributed by atoms with Crippen LogP contribution in [0.25, 0.3) is 10.4 Å². The first-order valence-electron chi connectivity index (χ1n) is 5.98. The minimum Gasteiger partial charge on any atom is -0.406 e. The van der Waals surface area contributed by atoms with Crippen molar-refractivity contribution in [1.29, 1.82) is 0 Å². The second-order valence-corrected chi connectivity index (χ2v) is 4.08. The Balaban J connectivity index is 1.98. The van der Waals surface area contributed by atoms with Gasteiger partial charge in [0.2, 0.25) is 0 Å². The molecule has 0 unspecified atom stereocenters. The molecule has 0 spiro atoms. The van der Waals surface area contributed by atoms with E-state index in [-0.39, 0.29) is 12.2 Å². The summed E-state index contributed by atoms with van der Waals surface area (Å²) in [6.07, 6.45) is -3.69. The molecule has 0 aliphatic rings. The summed E-state index contributed by atoms with van der Waals surface area (Å²) in [5.41, 5.74) is 8.48. The molecular formula is C11H8F3N7O2. The van der Waals surface area contributed by atoms with Crippen LogP contribution in [0, 0.1) is 0 Å². The van der Waals surface area contributed by atoms with Gasteiger partial charge >= 0.3 is 6.36 Å². The molecule has 1 heterocycles. The Morgan fingerprint density at radius 1 is 1.48 bits per heavy atom. The number of hydrogen-bond acceptors (Lipinski definition) is 5. The summed E-state index contributed by atoms with van der Waals surface area (Å²) in [4.78, 5) is 15.0. The average Bonchev–Trinajstić information content (AvgIpc) is 2.92. The van der Waals surface area contributed by atoms with Gasteiger partial charge in [-0.25, -0.2) is 0 Å². The number of rotatable bonds is 5. The van der Waals surface area contributed by atoms with E-state index >= 15 is 0 Å². The Labute approximate surface area is 126 Å². The maximum Gasteiger partial charge on any atom is 0.573 e. The van der Waals surface area contributed by atoms with E-state index in [1.54, 1.807) is 0 Å². The zero-order valence-corrected chi connectivity index (χ0v) is 11.2. The topological polar surface area (TPSA) is 118 Å². The minimum atomic E-state index is -4.79. The van der Waals surface area contributed by atoms with Crippen LogP contribution >= 0.6 is 0 Å². The smallest absolute Gasteiger partial charge is 0.406 e. The quantitative estimate of drug-likeness (QED) is 0.514. The highest BCUT2D eigenvalue weighted by molar-refractivity contribution is 5.91. The zero-order chi connectivity index (χ0) is 16.9. The number of nitrogens with zero attached hydrogens (tertiary/aromatic N) is 6. The van der Waals surface area contributed by atoms with E-state index in [4.69, 9.17) is 5.53 Å². The predicted molar refractivity (Wildman–Crippen MR) is 68.9 cm³/mol. The van der Waals surface area contributed by atoms with Crippen molar-refractivity contribution < 1.29 is 22.7 Å². The van der Waals surface area contributed by atoms with Gasteiger partial charge < -0.3 is 10.1 Å². The fraction of sp³-hybridized carbons (Fsp3) is 0.182. The first kappa shape index (κ1) is 16.1. The number of hydrogen-bond donors (Lipinski definition) is 1. The molecule has 0 aliphatic carbocycles. The van der Waals surface area contributed by atoms with Gasteiger partial charge in [-0.15, -0.1) is 23.8 Å². The fourth-order valence-corrected chi connectivity index (χ4v) is 1.57. The second-order valence-electron chi connectivity index (χ2n) is 4.08. The molecule has 1 aromatic carbocycles. The fourth-order valence-electron chi connectivity index (χ4n) is 1.57. The third-order valence-corrected chi connectivity index (χ3v) is 2.43. The maximum atomic E-state index is 12.1. The first-order valence-corrected chi connectivity index (χ1v) is 5.98. The molecule has 0 fully saturated rings. The minimum absolute atomic E-state index is 0.0533. The number of aromatic nitrogens is 3. The van der Waals surface area contributed by atoms with Gasteiger partial charge in [-0.3, -0.25) is 4.79 Å². The molecule has 1 aromatic heterocycles. The largest absolute Gasteiger partial charge is 0.573 e. The van der Waals surface area contributed by atoms with Crippen LogP contribution in [0.1, 0.15) is 16.1 Å². The lowest BCUT2D eigenvalue weighted by molar-refractivity contribution is -0.274. The summed E-state index contributed by atoms with van der Waals surface area (Å²) in [5, 5.41) is 12.4. The molecule has 2 aromatic rings. The van der Waals surface area contributed by atoms with Crippen molar-refractivity contribution in [3.8, 4) is 5.75 Å². The average molecular weight is 327 g/mol. The first-order chi connectivity index (χ1) is 10.9. The third kappa shape index (κ3) is 4.89. The van der Waals surface area contributed by atoms with Crippen LogP contribution in [-0.2, 0) is 6.54 Å². The summed E-state index contributed by atoms with van der Waals surface area (Å²) in [7, 11) is 0. The summed E-state index contributed by atoms with van der Waals surface area (Å²) in [5.74, 6) is -1.02. The lowest BCUT2D eigenvalue weighted by Crippen LogP contribution is -2.23. The highest BCUT2D eigenvalue weighted by Crippen LogP contribution is 2.23. The molecule has 0 saturated carbocycles. The molecule has 0 atom stereocenters. The zero-order valence-electron chi connectivity index (χ0n) is 11.2. The SMILES string of the molecule is [N-]=[N+]=Nn1cc(C(=O)NCc2cccc(OC(F)(F)F)c2)nn1. The van der Waals surface area contributed by atoms with Crippen molar-refractivity contribution in [2.75, 3.05) is 0 Å². The Hall–Kier alpha value is -3.27. The predicted octanol–water partition coefficient (Wildman–Crippen LogP) is 2.18. The van der Waals surface area contributed by atoms with Gasteiger partial charge in [0.15, 0.2) is 11.9 Å². The summed E-state index contributed by atoms with van der Waals surface area (Å²) in [6, 6.07) is 5.16. The van der Waals surface area contributed by atoms with Crippen molar-refractivity contribution in [2.45, 2.75) is 12.9 Å². The van der Waals surface area contributed by atoms with E-state index in [0.29, 0.717) is 5.56 Å². The van der Waals surface area contributed by atoms with Gasteiger partial charge in [-0.1, -0.05) is 16.9 Å². The van der Waals surface area contributed by atoms with Crippen LogP contribution in [0.5, 0.6) is 5.75 Å². The van der Waals surface area contributed by atoms with E-state index < -0.39 is 18.0 Å². The van der Waals surface area contributed by atoms with E-state index in [2.05, 4.69) is 30.5 Å². The second kappa shape index (κ2) is 6.66. The molecule has 0 aliphatic heterocycles. The molecule has 23 heavy (non-hydrogen) atoms. The molecule has 9 nitrogen and oxygen atoms in total. The Morgan fingerprint density at radius 3 is 2.96 bits per heavy atom. The molecular weight excluding hydrogens is 319 g/mol. The lowest BCUT2D eigenvalue weighted by atomic mass is 10.2. The van der Waals surface area contributed by atoms with Crippen molar-refractivity contribution in [1.82, 2.24) is 20.4 Å². The van der Waals surface area contributed by atoms with Gasteiger partial charge in [-0.2, -0.15) is 4.91 Å². The number of halogens is 3. The van der Waals surface area contributed by atoms with Crippen LogP contribution in [0.3, 0.4) is 0 Å². The number of carbonyl (C=O) groups is 1. The molecule has 0 bridgehead atoms. The number of nitrogens with one attached hydrogen (secondary N) is 1. The highest BCUT2D eigenvalue weighted by Gasteiger charge is 2.31. The van der Waals surface area contributed by atoms with E-state index in [9.17, 15) is 18.0 Å². The van der Waals surface area contributed by atoms with Crippen LogP contribution in [0.4, 0.5) is 13.2 Å². The number of amides is 1. The van der Waals surface area contributed by atoms with E-state index in [1.165, 1.54) is 12.1 Å². The van der Waals surface area contributed by atoms with E-state index in [0.717, 1.165) is 23.1 Å². The number of carbonyl (C=O) groups excluding carboxylic acids is 1. The van der Waals surface area contributed by atoms with Gasteiger partial charge in [0.1, 0.15) is 5.75 Å². The van der Waals surface area contributed by atoms with Crippen molar-refractivity contribution >= 4 is 5.91 Å². The lowest BCUT2D eigenvalue weighted by Gasteiger charge is -2.10. The van der Waals surface area contributed by atoms with Crippen LogP contribution in [0.15, 0.2) is 35.7 Å². The van der Waals surface area contributed by atoms with Crippen LogP contribution < -0.4 is 10.1 Å². The standard InChI is InChI=1S/C11H8F3N7O2/c12-11(13,14)23-8-3-1-2-7(4-8)5-16-10(22)9-6-21(19-17-9)20-18-15/h1-4,6H,5H2,(H,16,22). The van der Waals surface area contributed by atoms with Crippen LogP contribution in [-0.4, -0.2) is 27.4 Å². The van der Waals surface area contributed by atoms with Gasteiger partial charge in [0.25, 0.3) is 5.91 Å². The molecule has 120 valence electrons. The Morgan fingerprint density at radius 2 is 2.26 bits per heavy atom. The number of benzene rings is 1. The molecule has 12 heteroatoms. The van der Waals surface area contributed by atoms with Gasteiger partial charge in [0.05, 0.1) is 0 Å². The Bertz CT molecular complexity index is 752. The third-order valence-electron chi connectivity index (χ3n) is 2.43. The van der Waals surface area contributed by atoms with Crippen molar-refractivity contribution in [2.24, 2.45) is 5.22 Å². The molecule has 0 radical (unpaired) electrons. The normalized spacial score (nSPS) is 10.7. The van der Waals surface area contributed by atoms with Crippen molar-refractivity contribution in [3.63, 3.8) is 0 Å². The number of alkyl halides is 3. The number of azide groups is 1. The van der Waals surface area contributed by atoms with Gasteiger partial charge in [0, 0.05) is 17.0 Å². The molecule has 1 N–H and O–H groups in total. The van der Waals surface area contributed by atoms with E-state index in [1.807, 2.05) is 0 Å². The molecule has 0 saturated heterocycles. The van der Waals surface area contributed by atoms with Crippen LogP contribution in [0.2, 0.25) is 0 Å². The molecule has 1 amide bonds. The highest BCUT2D eigenvalue weighted by atomic mass is 19.4. The van der Waals surface area contributed by atoms with Crippen molar-refractivity contribution in [3.05, 3.63) is 52.2 Å². The maximum absolute atomic E-state index is 12.1. The monoisotopic (exact) mass is 327 g/mol. The summed E-state index contributed by atoms with van der Waals surface area (Å²) >= 11 is 0. The molecule has 2 rings (SSSR count).